The van der Waals surface area contributed by atoms with Crippen molar-refractivity contribution in [2.75, 3.05) is 13.1 Å². The van der Waals surface area contributed by atoms with E-state index in [0.29, 0.717) is 23.0 Å². The van der Waals surface area contributed by atoms with Crippen molar-refractivity contribution in [1.82, 2.24) is 9.47 Å². The van der Waals surface area contributed by atoms with Gasteiger partial charge in [-0.25, -0.2) is 0 Å². The SMILES string of the molecule is O=C(c1ccc(=O)n(Cc2ccccc2Cl)c1)N1CCC(Cc2ccccc2)CC1. The van der Waals surface area contributed by atoms with Gasteiger partial charge in [0.15, 0.2) is 0 Å². The molecule has 0 spiro atoms. The maximum Gasteiger partial charge on any atom is 0.255 e. The summed E-state index contributed by atoms with van der Waals surface area (Å²) in [5.41, 5.74) is 2.61. The fourth-order valence-corrected chi connectivity index (χ4v) is 4.26. The second-order valence-corrected chi connectivity index (χ2v) is 8.31. The summed E-state index contributed by atoms with van der Waals surface area (Å²) in [4.78, 5) is 27.2. The smallest absolute Gasteiger partial charge is 0.255 e. The molecule has 1 aromatic heterocycles. The van der Waals surface area contributed by atoms with E-state index in [9.17, 15) is 9.59 Å². The molecule has 0 N–H and O–H groups in total. The van der Waals surface area contributed by atoms with Gasteiger partial charge in [0.1, 0.15) is 0 Å². The minimum absolute atomic E-state index is 0.0129. The van der Waals surface area contributed by atoms with Crippen molar-refractivity contribution in [1.29, 1.82) is 0 Å². The van der Waals surface area contributed by atoms with Gasteiger partial charge in [-0.3, -0.25) is 9.59 Å². The Kier molecular flexibility index (Phi) is 6.34. The van der Waals surface area contributed by atoms with Crippen LogP contribution in [-0.4, -0.2) is 28.5 Å². The summed E-state index contributed by atoms with van der Waals surface area (Å²) in [5, 5.41) is 0.613. The molecular weight excluding hydrogens is 396 g/mol. The molecule has 1 aliphatic rings. The molecule has 4 rings (SSSR count). The zero-order valence-corrected chi connectivity index (χ0v) is 17.6. The average molecular weight is 421 g/mol. The molecule has 1 saturated heterocycles. The molecule has 30 heavy (non-hydrogen) atoms. The first kappa shape index (κ1) is 20.4. The number of carbonyl (C=O) groups excluding carboxylic acids is 1. The van der Waals surface area contributed by atoms with Crippen molar-refractivity contribution >= 4 is 17.5 Å². The van der Waals surface area contributed by atoms with Crippen LogP contribution in [0.1, 0.15) is 34.3 Å². The van der Waals surface area contributed by atoms with Crippen LogP contribution in [0.4, 0.5) is 0 Å². The summed E-state index contributed by atoms with van der Waals surface area (Å²) in [5.74, 6) is 0.590. The maximum absolute atomic E-state index is 13.0. The van der Waals surface area contributed by atoms with Gasteiger partial charge in [0.25, 0.3) is 11.5 Å². The number of piperidine rings is 1. The van der Waals surface area contributed by atoms with E-state index in [1.807, 2.05) is 29.2 Å². The molecule has 1 aliphatic heterocycles. The number of hydrogen-bond donors (Lipinski definition) is 0. The Hall–Kier alpha value is -2.85. The highest BCUT2D eigenvalue weighted by molar-refractivity contribution is 6.31. The van der Waals surface area contributed by atoms with Crippen LogP contribution < -0.4 is 5.56 Å². The minimum atomic E-state index is -0.145. The van der Waals surface area contributed by atoms with Crippen LogP contribution in [0.2, 0.25) is 5.02 Å². The fourth-order valence-electron chi connectivity index (χ4n) is 4.06. The first-order valence-electron chi connectivity index (χ1n) is 10.4. The predicted octanol–water partition coefficient (Wildman–Crippen LogP) is 4.64. The molecule has 0 atom stereocenters. The number of benzene rings is 2. The van der Waals surface area contributed by atoms with Crippen molar-refractivity contribution in [2.45, 2.75) is 25.8 Å². The summed E-state index contributed by atoms with van der Waals surface area (Å²) < 4.78 is 1.55. The van der Waals surface area contributed by atoms with Crippen LogP contribution in [0, 0.1) is 5.92 Å². The monoisotopic (exact) mass is 420 g/mol. The van der Waals surface area contributed by atoms with Crippen LogP contribution in [0.25, 0.3) is 0 Å². The third-order valence-corrected chi connectivity index (χ3v) is 6.17. The highest BCUT2D eigenvalue weighted by atomic mass is 35.5. The molecule has 0 radical (unpaired) electrons. The van der Waals surface area contributed by atoms with E-state index >= 15 is 0 Å². The molecular formula is C25H25ClN2O2. The molecule has 2 aromatic carbocycles. The van der Waals surface area contributed by atoms with Gasteiger partial charge in [0, 0.05) is 30.4 Å². The topological polar surface area (TPSA) is 42.3 Å². The first-order valence-corrected chi connectivity index (χ1v) is 10.7. The van der Waals surface area contributed by atoms with Gasteiger partial charge in [-0.05, 0) is 48.4 Å². The number of hydrogen-bond acceptors (Lipinski definition) is 2. The Morgan fingerprint density at radius 2 is 1.63 bits per heavy atom. The largest absolute Gasteiger partial charge is 0.339 e. The maximum atomic E-state index is 13.0. The lowest BCUT2D eigenvalue weighted by atomic mass is 9.90. The molecule has 0 unspecified atom stereocenters. The Morgan fingerprint density at radius 3 is 2.37 bits per heavy atom. The molecule has 1 fully saturated rings. The van der Waals surface area contributed by atoms with Gasteiger partial charge in [-0.1, -0.05) is 60.1 Å². The van der Waals surface area contributed by atoms with Crippen LogP contribution >= 0.6 is 11.6 Å². The zero-order chi connectivity index (χ0) is 20.9. The number of rotatable bonds is 5. The lowest BCUT2D eigenvalue weighted by Gasteiger charge is -2.32. The van der Waals surface area contributed by atoms with E-state index in [0.717, 1.165) is 37.9 Å². The van der Waals surface area contributed by atoms with Gasteiger partial charge in [-0.2, -0.15) is 0 Å². The van der Waals surface area contributed by atoms with Crippen LogP contribution in [-0.2, 0) is 13.0 Å². The third kappa shape index (κ3) is 4.82. The Balaban J connectivity index is 1.41. The number of aromatic nitrogens is 1. The van der Waals surface area contributed by atoms with Crippen molar-refractivity contribution in [2.24, 2.45) is 5.92 Å². The van der Waals surface area contributed by atoms with Crippen LogP contribution in [0.15, 0.2) is 77.7 Å². The molecule has 0 bridgehead atoms. The van der Waals surface area contributed by atoms with Gasteiger partial charge in [0.2, 0.25) is 0 Å². The highest BCUT2D eigenvalue weighted by Crippen LogP contribution is 2.23. The lowest BCUT2D eigenvalue weighted by molar-refractivity contribution is 0.0689. The molecule has 3 aromatic rings. The molecule has 2 heterocycles. The quantitative estimate of drug-likeness (QED) is 0.603. The van der Waals surface area contributed by atoms with Crippen molar-refractivity contribution in [3.63, 3.8) is 0 Å². The number of carbonyl (C=O) groups is 1. The summed E-state index contributed by atoms with van der Waals surface area (Å²) in [7, 11) is 0. The predicted molar refractivity (Wildman–Crippen MR) is 120 cm³/mol. The van der Waals surface area contributed by atoms with Gasteiger partial charge < -0.3 is 9.47 Å². The van der Waals surface area contributed by atoms with E-state index in [4.69, 9.17) is 11.6 Å². The van der Waals surface area contributed by atoms with Crippen LogP contribution in [0.3, 0.4) is 0 Å². The molecule has 4 nitrogen and oxygen atoms in total. The Labute approximate surface area is 181 Å². The summed E-state index contributed by atoms with van der Waals surface area (Å²) in [6, 6.07) is 21.1. The van der Waals surface area contributed by atoms with Crippen molar-refractivity contribution in [3.8, 4) is 0 Å². The first-order chi connectivity index (χ1) is 14.6. The summed E-state index contributed by atoms with van der Waals surface area (Å²) in [6.45, 7) is 1.85. The van der Waals surface area contributed by atoms with Crippen LogP contribution in [0.5, 0.6) is 0 Å². The number of amides is 1. The van der Waals surface area contributed by atoms with E-state index in [2.05, 4.69) is 24.3 Å². The normalized spacial score (nSPS) is 14.6. The number of halogens is 1. The molecule has 5 heteroatoms. The zero-order valence-electron chi connectivity index (χ0n) is 16.8. The Bertz CT molecular complexity index is 1070. The highest BCUT2D eigenvalue weighted by Gasteiger charge is 2.24. The summed E-state index contributed by atoms with van der Waals surface area (Å²) >= 11 is 6.23. The molecule has 154 valence electrons. The van der Waals surface area contributed by atoms with Crippen molar-refractivity contribution < 1.29 is 4.79 Å². The molecule has 1 amide bonds. The van der Waals surface area contributed by atoms with Gasteiger partial charge >= 0.3 is 0 Å². The lowest BCUT2D eigenvalue weighted by Crippen LogP contribution is -2.39. The van der Waals surface area contributed by atoms with Crippen molar-refractivity contribution in [3.05, 3.63) is 105 Å². The minimum Gasteiger partial charge on any atom is -0.339 e. The second-order valence-electron chi connectivity index (χ2n) is 7.90. The van der Waals surface area contributed by atoms with E-state index in [-0.39, 0.29) is 11.5 Å². The van der Waals surface area contributed by atoms with Gasteiger partial charge in [0.05, 0.1) is 12.1 Å². The second kappa shape index (κ2) is 9.31. The summed E-state index contributed by atoms with van der Waals surface area (Å²) in [6.07, 6.45) is 4.72. The fraction of sp³-hybridized carbons (Fsp3) is 0.280. The molecule has 0 aliphatic carbocycles. The Morgan fingerprint density at radius 1 is 0.933 bits per heavy atom. The molecule has 0 saturated carbocycles. The van der Waals surface area contributed by atoms with Gasteiger partial charge in [-0.15, -0.1) is 0 Å². The number of pyridine rings is 1. The number of likely N-dealkylation sites (tertiary alicyclic amines) is 1. The van der Waals surface area contributed by atoms with E-state index < -0.39 is 0 Å². The number of nitrogens with zero attached hydrogens (tertiary/aromatic N) is 2. The third-order valence-electron chi connectivity index (χ3n) is 5.80. The van der Waals surface area contributed by atoms with E-state index in [1.54, 1.807) is 22.9 Å². The average Bonchev–Trinajstić information content (AvgIpc) is 2.77. The standard InChI is InChI=1S/C25H25ClN2O2/c26-23-9-5-4-8-21(23)17-28-18-22(10-11-24(28)29)25(30)27-14-12-20(13-15-27)16-19-6-2-1-3-7-19/h1-11,18,20H,12-17H2. The van der Waals surface area contributed by atoms with E-state index in [1.165, 1.54) is 11.6 Å².